The van der Waals surface area contributed by atoms with Gasteiger partial charge in [0.25, 0.3) is 0 Å². The first-order valence-electron chi connectivity index (χ1n) is 9.11. The van der Waals surface area contributed by atoms with Crippen LogP contribution in [0.3, 0.4) is 0 Å². The number of hydrogen-bond donors (Lipinski definition) is 4. The van der Waals surface area contributed by atoms with Crippen molar-refractivity contribution in [2.24, 2.45) is 0 Å². The van der Waals surface area contributed by atoms with Crippen molar-refractivity contribution in [3.8, 4) is 0 Å². The average molecular weight is 339 g/mol. The Kier molecular flexibility index (Phi) is 6.87. The summed E-state index contributed by atoms with van der Waals surface area (Å²) in [6.07, 6.45) is 9.86. The Balaban J connectivity index is 1.78. The summed E-state index contributed by atoms with van der Waals surface area (Å²) >= 11 is 0. The van der Waals surface area contributed by atoms with Crippen molar-refractivity contribution in [2.45, 2.75) is 82.2 Å². The smallest absolute Gasteiger partial charge is 0.329 e. The maximum absolute atomic E-state index is 12.1. The highest BCUT2D eigenvalue weighted by Gasteiger charge is 2.39. The first kappa shape index (κ1) is 18.5. The van der Waals surface area contributed by atoms with Crippen molar-refractivity contribution < 1.29 is 19.5 Å². The standard InChI is InChI=1S/C17H29N3O4/c21-14(12-18-16(24)19-13-8-4-3-5-9-13)20-17(15(22)23)10-6-1-2-7-11-17/h13H,1-12H2,(H,20,21)(H,22,23)(H2,18,19,24). The van der Waals surface area contributed by atoms with E-state index >= 15 is 0 Å². The third kappa shape index (κ3) is 5.39. The van der Waals surface area contributed by atoms with E-state index in [-0.39, 0.29) is 18.6 Å². The van der Waals surface area contributed by atoms with Gasteiger partial charge in [0.1, 0.15) is 5.54 Å². The van der Waals surface area contributed by atoms with Crippen LogP contribution in [-0.2, 0) is 9.59 Å². The molecule has 7 heteroatoms. The molecule has 7 nitrogen and oxygen atoms in total. The third-order valence-corrected chi connectivity index (χ3v) is 5.10. The minimum absolute atomic E-state index is 0.175. The highest BCUT2D eigenvalue weighted by atomic mass is 16.4. The minimum atomic E-state index is -1.19. The second-order valence-corrected chi connectivity index (χ2v) is 7.01. The van der Waals surface area contributed by atoms with Crippen molar-refractivity contribution in [1.29, 1.82) is 0 Å². The number of carboxylic acid groups (broad SMARTS) is 1. The molecular formula is C17H29N3O4. The molecule has 2 aliphatic carbocycles. The third-order valence-electron chi connectivity index (χ3n) is 5.10. The molecule has 0 aromatic carbocycles. The van der Waals surface area contributed by atoms with Gasteiger partial charge in [0, 0.05) is 6.04 Å². The summed E-state index contributed by atoms with van der Waals surface area (Å²) < 4.78 is 0. The van der Waals surface area contributed by atoms with Crippen molar-refractivity contribution in [3.63, 3.8) is 0 Å². The molecule has 2 fully saturated rings. The normalized spacial score (nSPS) is 21.3. The number of amides is 3. The van der Waals surface area contributed by atoms with Crippen LogP contribution in [0.4, 0.5) is 4.79 Å². The Bertz CT molecular complexity index is 453. The summed E-state index contributed by atoms with van der Waals surface area (Å²) in [5.41, 5.74) is -1.19. The highest BCUT2D eigenvalue weighted by Crippen LogP contribution is 2.27. The van der Waals surface area contributed by atoms with E-state index in [1.807, 2.05) is 0 Å². The fraction of sp³-hybridized carbons (Fsp3) is 0.824. The van der Waals surface area contributed by atoms with Crippen LogP contribution in [0.1, 0.15) is 70.6 Å². The van der Waals surface area contributed by atoms with Gasteiger partial charge in [-0.2, -0.15) is 0 Å². The summed E-state index contributed by atoms with van der Waals surface area (Å²) in [7, 11) is 0. The fourth-order valence-electron chi connectivity index (χ4n) is 3.68. The van der Waals surface area contributed by atoms with Gasteiger partial charge in [-0.3, -0.25) is 4.79 Å². The zero-order valence-electron chi connectivity index (χ0n) is 14.2. The summed E-state index contributed by atoms with van der Waals surface area (Å²) in [4.78, 5) is 35.6. The Morgan fingerprint density at radius 1 is 0.917 bits per heavy atom. The number of carboxylic acids is 1. The SMILES string of the molecule is O=C(CNC(=O)NC1CCCCC1)NC1(C(=O)O)CCCCCC1. The minimum Gasteiger partial charge on any atom is -0.480 e. The molecule has 0 aliphatic heterocycles. The summed E-state index contributed by atoms with van der Waals surface area (Å²) in [5.74, 6) is -1.43. The van der Waals surface area contributed by atoms with Crippen LogP contribution in [0.5, 0.6) is 0 Å². The predicted octanol–water partition coefficient (Wildman–Crippen LogP) is 1.91. The van der Waals surface area contributed by atoms with Gasteiger partial charge in [-0.05, 0) is 25.7 Å². The number of carbonyl (C=O) groups excluding carboxylic acids is 2. The number of urea groups is 1. The summed E-state index contributed by atoms with van der Waals surface area (Å²) in [6, 6.07) is -0.184. The second kappa shape index (κ2) is 8.89. The fourth-order valence-corrected chi connectivity index (χ4v) is 3.68. The Labute approximate surface area is 142 Å². The Hall–Kier alpha value is -1.79. The zero-order chi connectivity index (χ0) is 17.4. The van der Waals surface area contributed by atoms with Gasteiger partial charge >= 0.3 is 12.0 Å². The van der Waals surface area contributed by atoms with Gasteiger partial charge in [0.05, 0.1) is 6.54 Å². The second-order valence-electron chi connectivity index (χ2n) is 7.01. The van der Waals surface area contributed by atoms with Gasteiger partial charge in [-0.15, -0.1) is 0 Å². The zero-order valence-corrected chi connectivity index (χ0v) is 14.2. The number of nitrogens with one attached hydrogen (secondary N) is 3. The Morgan fingerprint density at radius 2 is 1.50 bits per heavy atom. The van der Waals surface area contributed by atoms with Crippen LogP contribution >= 0.6 is 0 Å². The quantitative estimate of drug-likeness (QED) is 0.574. The van der Waals surface area contributed by atoms with Crippen molar-refractivity contribution in [1.82, 2.24) is 16.0 Å². The van der Waals surface area contributed by atoms with Crippen molar-refractivity contribution >= 4 is 17.9 Å². The first-order chi connectivity index (χ1) is 11.5. The molecule has 24 heavy (non-hydrogen) atoms. The van der Waals surface area contributed by atoms with Crippen LogP contribution in [0, 0.1) is 0 Å². The van der Waals surface area contributed by atoms with Crippen LogP contribution in [-0.4, -0.2) is 41.1 Å². The molecule has 2 aliphatic rings. The number of carbonyl (C=O) groups is 3. The lowest BCUT2D eigenvalue weighted by atomic mass is 9.90. The van der Waals surface area contributed by atoms with Crippen LogP contribution in [0.25, 0.3) is 0 Å². The van der Waals surface area contributed by atoms with E-state index in [1.54, 1.807) is 0 Å². The van der Waals surface area contributed by atoms with E-state index in [1.165, 1.54) is 6.42 Å². The van der Waals surface area contributed by atoms with E-state index in [4.69, 9.17) is 0 Å². The van der Waals surface area contributed by atoms with Crippen LogP contribution in [0.2, 0.25) is 0 Å². The number of hydrogen-bond acceptors (Lipinski definition) is 3. The molecule has 0 atom stereocenters. The maximum Gasteiger partial charge on any atom is 0.329 e. The van der Waals surface area contributed by atoms with Crippen LogP contribution < -0.4 is 16.0 Å². The molecule has 2 rings (SSSR count). The van der Waals surface area contributed by atoms with Gasteiger partial charge in [0.15, 0.2) is 0 Å². The molecule has 0 radical (unpaired) electrons. The molecular weight excluding hydrogens is 310 g/mol. The van der Waals surface area contributed by atoms with Crippen molar-refractivity contribution in [3.05, 3.63) is 0 Å². The molecule has 136 valence electrons. The monoisotopic (exact) mass is 339 g/mol. The average Bonchev–Trinajstić information content (AvgIpc) is 2.80. The Morgan fingerprint density at radius 3 is 2.08 bits per heavy atom. The lowest BCUT2D eigenvalue weighted by Gasteiger charge is -2.29. The van der Waals surface area contributed by atoms with Gasteiger partial charge < -0.3 is 21.1 Å². The largest absolute Gasteiger partial charge is 0.480 e. The topological polar surface area (TPSA) is 108 Å². The van der Waals surface area contributed by atoms with Crippen LogP contribution in [0.15, 0.2) is 0 Å². The lowest BCUT2D eigenvalue weighted by molar-refractivity contribution is -0.148. The summed E-state index contributed by atoms with van der Waals surface area (Å²) in [5, 5.41) is 17.6. The number of rotatable bonds is 5. The van der Waals surface area contributed by atoms with Gasteiger partial charge in [-0.1, -0.05) is 44.9 Å². The highest BCUT2D eigenvalue weighted by molar-refractivity contribution is 5.89. The molecule has 4 N–H and O–H groups in total. The molecule has 3 amide bonds. The molecule has 0 saturated heterocycles. The molecule has 0 aromatic heterocycles. The molecule has 0 spiro atoms. The molecule has 0 bridgehead atoms. The number of aliphatic carboxylic acids is 1. The lowest BCUT2D eigenvalue weighted by Crippen LogP contribution is -2.57. The molecule has 0 heterocycles. The van der Waals surface area contributed by atoms with Gasteiger partial charge in [-0.25, -0.2) is 9.59 Å². The predicted molar refractivity (Wildman–Crippen MR) is 89.6 cm³/mol. The molecule has 0 unspecified atom stereocenters. The van der Waals surface area contributed by atoms with E-state index in [9.17, 15) is 19.5 Å². The maximum atomic E-state index is 12.1. The molecule has 0 aromatic rings. The summed E-state index contributed by atoms with van der Waals surface area (Å²) in [6.45, 7) is -0.201. The molecule has 2 saturated carbocycles. The van der Waals surface area contributed by atoms with Gasteiger partial charge in [0.2, 0.25) is 5.91 Å². The van der Waals surface area contributed by atoms with E-state index in [0.717, 1.165) is 51.4 Å². The van der Waals surface area contributed by atoms with E-state index in [0.29, 0.717) is 12.8 Å². The van der Waals surface area contributed by atoms with E-state index in [2.05, 4.69) is 16.0 Å². The van der Waals surface area contributed by atoms with Crippen molar-refractivity contribution in [2.75, 3.05) is 6.54 Å². The van der Waals surface area contributed by atoms with E-state index < -0.39 is 17.4 Å². The first-order valence-corrected chi connectivity index (χ1v) is 9.11.